The summed E-state index contributed by atoms with van der Waals surface area (Å²) in [5, 5.41) is 2.56. The highest BCUT2D eigenvalue weighted by Crippen LogP contribution is 2.11. The highest BCUT2D eigenvalue weighted by Gasteiger charge is 2.26. The van der Waals surface area contributed by atoms with Gasteiger partial charge in [0, 0.05) is 20.8 Å². The van der Waals surface area contributed by atoms with Crippen molar-refractivity contribution in [2.24, 2.45) is 0 Å². The summed E-state index contributed by atoms with van der Waals surface area (Å²) < 4.78 is 10.2. The summed E-state index contributed by atoms with van der Waals surface area (Å²) in [5.74, 6) is -1.14. The lowest BCUT2D eigenvalue weighted by atomic mass is 10.1. The summed E-state index contributed by atoms with van der Waals surface area (Å²) in [7, 11) is 0. The lowest BCUT2D eigenvalue weighted by Gasteiger charge is -2.26. The van der Waals surface area contributed by atoms with Crippen molar-refractivity contribution in [2.75, 3.05) is 6.54 Å². The summed E-state index contributed by atoms with van der Waals surface area (Å²) >= 11 is 0. The SMILES string of the molecule is CCCC(OC(C)=O)C(CNC(C)=O)OC(C)=O. The highest BCUT2D eigenvalue weighted by molar-refractivity contribution is 5.73. The summed E-state index contributed by atoms with van der Waals surface area (Å²) in [4.78, 5) is 32.9. The Labute approximate surface area is 107 Å². The molecule has 0 fully saturated rings. The Morgan fingerprint density at radius 2 is 1.50 bits per heavy atom. The van der Waals surface area contributed by atoms with Crippen LogP contribution < -0.4 is 5.32 Å². The van der Waals surface area contributed by atoms with Gasteiger partial charge in [0.15, 0.2) is 6.10 Å². The smallest absolute Gasteiger partial charge is 0.303 e. The van der Waals surface area contributed by atoms with E-state index in [-0.39, 0.29) is 12.5 Å². The molecule has 0 heterocycles. The van der Waals surface area contributed by atoms with Crippen molar-refractivity contribution < 1.29 is 23.9 Å². The number of nitrogens with one attached hydrogen (secondary N) is 1. The topological polar surface area (TPSA) is 81.7 Å². The van der Waals surface area contributed by atoms with E-state index in [9.17, 15) is 14.4 Å². The van der Waals surface area contributed by atoms with Crippen LogP contribution in [0.2, 0.25) is 0 Å². The molecule has 18 heavy (non-hydrogen) atoms. The third kappa shape index (κ3) is 7.65. The van der Waals surface area contributed by atoms with Gasteiger partial charge in [0.05, 0.1) is 6.54 Å². The second kappa shape index (κ2) is 8.49. The third-order valence-corrected chi connectivity index (χ3v) is 2.17. The molecule has 0 bridgehead atoms. The van der Waals surface area contributed by atoms with Gasteiger partial charge in [-0.25, -0.2) is 0 Å². The van der Waals surface area contributed by atoms with Crippen molar-refractivity contribution in [1.29, 1.82) is 0 Å². The van der Waals surface area contributed by atoms with Gasteiger partial charge in [0.1, 0.15) is 6.10 Å². The molecule has 0 saturated carbocycles. The third-order valence-electron chi connectivity index (χ3n) is 2.17. The summed E-state index contributed by atoms with van der Waals surface area (Å²) in [5.41, 5.74) is 0. The highest BCUT2D eigenvalue weighted by atomic mass is 16.6. The summed E-state index contributed by atoms with van der Waals surface area (Å²) in [6.07, 6.45) is 0.144. The molecule has 0 aliphatic heterocycles. The number of hydrogen-bond acceptors (Lipinski definition) is 5. The average molecular weight is 259 g/mol. The van der Waals surface area contributed by atoms with Crippen LogP contribution in [0.5, 0.6) is 0 Å². The van der Waals surface area contributed by atoms with E-state index in [4.69, 9.17) is 9.47 Å². The summed E-state index contributed by atoms with van der Waals surface area (Å²) in [6.45, 7) is 6.00. The van der Waals surface area contributed by atoms with Crippen molar-refractivity contribution in [3.8, 4) is 0 Å². The zero-order valence-corrected chi connectivity index (χ0v) is 11.3. The molecule has 0 aromatic rings. The molecule has 2 atom stereocenters. The van der Waals surface area contributed by atoms with Crippen LogP contribution in [0.15, 0.2) is 0 Å². The number of carbonyl (C=O) groups excluding carboxylic acids is 3. The fraction of sp³-hybridized carbons (Fsp3) is 0.750. The van der Waals surface area contributed by atoms with Crippen LogP contribution in [0.1, 0.15) is 40.5 Å². The van der Waals surface area contributed by atoms with E-state index < -0.39 is 24.1 Å². The molecule has 0 rings (SSSR count). The molecule has 0 aliphatic carbocycles. The molecule has 2 unspecified atom stereocenters. The minimum atomic E-state index is -0.657. The van der Waals surface area contributed by atoms with E-state index in [2.05, 4.69) is 5.32 Å². The van der Waals surface area contributed by atoms with Gasteiger partial charge in [0.2, 0.25) is 5.91 Å². The molecule has 0 spiro atoms. The van der Waals surface area contributed by atoms with Gasteiger partial charge in [0.25, 0.3) is 0 Å². The van der Waals surface area contributed by atoms with Crippen molar-refractivity contribution in [3.63, 3.8) is 0 Å². The Morgan fingerprint density at radius 1 is 1.00 bits per heavy atom. The second-order valence-corrected chi connectivity index (χ2v) is 4.02. The van der Waals surface area contributed by atoms with Crippen LogP contribution in [0.4, 0.5) is 0 Å². The Morgan fingerprint density at radius 3 is 1.89 bits per heavy atom. The van der Waals surface area contributed by atoms with E-state index in [1.54, 1.807) is 0 Å². The maximum absolute atomic E-state index is 11.0. The first-order valence-electron chi connectivity index (χ1n) is 5.95. The van der Waals surface area contributed by atoms with E-state index in [1.165, 1.54) is 20.8 Å². The van der Waals surface area contributed by atoms with E-state index in [0.717, 1.165) is 6.42 Å². The minimum Gasteiger partial charge on any atom is -0.459 e. The quantitative estimate of drug-likeness (QED) is 0.683. The Kier molecular flexibility index (Phi) is 7.74. The van der Waals surface area contributed by atoms with Gasteiger partial charge in [-0.3, -0.25) is 14.4 Å². The molecule has 0 aliphatic rings. The first-order chi connectivity index (χ1) is 8.36. The fourth-order valence-corrected chi connectivity index (χ4v) is 1.52. The van der Waals surface area contributed by atoms with Crippen LogP contribution in [0, 0.1) is 0 Å². The molecular weight excluding hydrogens is 238 g/mol. The second-order valence-electron chi connectivity index (χ2n) is 4.02. The van der Waals surface area contributed by atoms with Gasteiger partial charge < -0.3 is 14.8 Å². The maximum Gasteiger partial charge on any atom is 0.303 e. The lowest BCUT2D eigenvalue weighted by Crippen LogP contribution is -2.43. The number of rotatable bonds is 7. The molecule has 0 radical (unpaired) electrons. The summed E-state index contributed by atoms with van der Waals surface area (Å²) in [6, 6.07) is 0. The molecule has 1 amide bonds. The van der Waals surface area contributed by atoms with Crippen LogP contribution in [-0.2, 0) is 23.9 Å². The predicted molar refractivity (Wildman–Crippen MR) is 64.7 cm³/mol. The molecule has 104 valence electrons. The van der Waals surface area contributed by atoms with E-state index in [1.807, 2.05) is 6.92 Å². The fourth-order valence-electron chi connectivity index (χ4n) is 1.52. The van der Waals surface area contributed by atoms with E-state index in [0.29, 0.717) is 6.42 Å². The molecular formula is C12H21NO5. The van der Waals surface area contributed by atoms with Gasteiger partial charge in [-0.2, -0.15) is 0 Å². The lowest BCUT2D eigenvalue weighted by molar-refractivity contribution is -0.165. The number of hydrogen-bond donors (Lipinski definition) is 1. The Bertz CT molecular complexity index is 303. The van der Waals surface area contributed by atoms with Gasteiger partial charge in [-0.05, 0) is 6.42 Å². The number of amides is 1. The zero-order valence-electron chi connectivity index (χ0n) is 11.3. The largest absolute Gasteiger partial charge is 0.459 e. The molecule has 6 nitrogen and oxygen atoms in total. The van der Waals surface area contributed by atoms with Crippen molar-refractivity contribution in [3.05, 3.63) is 0 Å². The van der Waals surface area contributed by atoms with Gasteiger partial charge in [-0.1, -0.05) is 13.3 Å². The molecule has 0 aromatic carbocycles. The normalized spacial score (nSPS) is 13.3. The molecule has 1 N–H and O–H groups in total. The average Bonchev–Trinajstić information content (AvgIpc) is 2.22. The maximum atomic E-state index is 11.0. The monoisotopic (exact) mass is 259 g/mol. The van der Waals surface area contributed by atoms with Gasteiger partial charge in [-0.15, -0.1) is 0 Å². The number of ether oxygens (including phenoxy) is 2. The first-order valence-corrected chi connectivity index (χ1v) is 5.95. The molecule has 6 heteroatoms. The van der Waals surface area contributed by atoms with Crippen molar-refractivity contribution in [1.82, 2.24) is 5.32 Å². The standard InChI is InChI=1S/C12H21NO5/c1-5-6-11(17-9(3)15)12(18-10(4)16)7-13-8(2)14/h11-12H,5-7H2,1-4H3,(H,13,14). The minimum absolute atomic E-state index is 0.132. The van der Waals surface area contributed by atoms with Crippen molar-refractivity contribution >= 4 is 17.8 Å². The number of carbonyl (C=O) groups is 3. The first kappa shape index (κ1) is 16.4. The van der Waals surface area contributed by atoms with Crippen molar-refractivity contribution in [2.45, 2.75) is 52.7 Å². The Balaban J connectivity index is 4.66. The number of esters is 2. The predicted octanol–water partition coefficient (Wildman–Crippen LogP) is 0.786. The molecule has 0 aromatic heterocycles. The van der Waals surface area contributed by atoms with Gasteiger partial charge >= 0.3 is 11.9 Å². The Hall–Kier alpha value is -1.59. The van der Waals surface area contributed by atoms with Crippen LogP contribution in [0.25, 0.3) is 0 Å². The van der Waals surface area contributed by atoms with Crippen LogP contribution in [-0.4, -0.2) is 36.6 Å². The molecule has 0 saturated heterocycles. The van der Waals surface area contributed by atoms with E-state index >= 15 is 0 Å². The van der Waals surface area contributed by atoms with Crippen LogP contribution >= 0.6 is 0 Å². The zero-order chi connectivity index (χ0) is 14.1. The van der Waals surface area contributed by atoms with Crippen LogP contribution in [0.3, 0.4) is 0 Å².